The maximum absolute atomic E-state index is 5.82. The Morgan fingerprint density at radius 2 is 2.00 bits per heavy atom. The summed E-state index contributed by atoms with van der Waals surface area (Å²) < 4.78 is 5.26. The van der Waals surface area contributed by atoms with Crippen LogP contribution in [0.25, 0.3) is 0 Å². The summed E-state index contributed by atoms with van der Waals surface area (Å²) in [6.07, 6.45) is 6.42. The van der Waals surface area contributed by atoms with Crippen molar-refractivity contribution in [1.82, 2.24) is 0 Å². The first-order valence-electron chi connectivity index (χ1n) is 4.11. The lowest BCUT2D eigenvalue weighted by Crippen LogP contribution is -2.24. The number of hydrogen-bond acceptors (Lipinski definition) is 2. The molecule has 2 atom stereocenters. The average Bonchev–Trinajstić information content (AvgIpc) is 2.13. The van der Waals surface area contributed by atoms with Crippen molar-refractivity contribution in [2.24, 2.45) is 5.73 Å². The highest BCUT2D eigenvalue weighted by Gasteiger charge is 2.15. The molecule has 2 N–H and O–H groups in total. The Labute approximate surface area is 62.7 Å². The predicted molar refractivity (Wildman–Crippen MR) is 41.9 cm³/mol. The molecule has 0 aromatic rings. The quantitative estimate of drug-likeness (QED) is 0.561. The second-order valence-electron chi connectivity index (χ2n) is 3.14. The summed E-state index contributed by atoms with van der Waals surface area (Å²) in [4.78, 5) is 0. The van der Waals surface area contributed by atoms with E-state index in [1.54, 1.807) is 7.11 Å². The van der Waals surface area contributed by atoms with Crippen molar-refractivity contribution in [1.29, 1.82) is 0 Å². The van der Waals surface area contributed by atoms with Crippen molar-refractivity contribution in [2.75, 3.05) is 7.11 Å². The van der Waals surface area contributed by atoms with Gasteiger partial charge in [-0.2, -0.15) is 0 Å². The van der Waals surface area contributed by atoms with Gasteiger partial charge < -0.3 is 10.5 Å². The minimum Gasteiger partial charge on any atom is -0.381 e. The third-order valence-electron chi connectivity index (χ3n) is 2.25. The zero-order valence-corrected chi connectivity index (χ0v) is 6.68. The number of nitrogens with two attached hydrogens (primary N) is 1. The van der Waals surface area contributed by atoms with Gasteiger partial charge >= 0.3 is 0 Å². The maximum atomic E-state index is 5.82. The summed E-state index contributed by atoms with van der Waals surface area (Å²) in [6.45, 7) is 0. The van der Waals surface area contributed by atoms with Crippen LogP contribution in [-0.2, 0) is 4.74 Å². The van der Waals surface area contributed by atoms with Crippen molar-refractivity contribution >= 4 is 0 Å². The first-order valence-corrected chi connectivity index (χ1v) is 4.11. The van der Waals surface area contributed by atoms with E-state index in [-0.39, 0.29) is 0 Å². The molecule has 1 aliphatic rings. The van der Waals surface area contributed by atoms with E-state index >= 15 is 0 Å². The molecule has 2 nitrogen and oxygen atoms in total. The predicted octanol–water partition coefficient (Wildman–Crippen LogP) is 1.29. The first kappa shape index (κ1) is 8.02. The van der Waals surface area contributed by atoms with Crippen LogP contribution in [0.5, 0.6) is 0 Å². The standard InChI is InChI=1S/C8H17NO/c1-10-8-5-3-2-4-7(9)6-8/h7-8H,2-6,9H2,1H3. The van der Waals surface area contributed by atoms with E-state index in [1.165, 1.54) is 25.7 Å². The minimum absolute atomic E-state index is 0.382. The third kappa shape index (κ3) is 2.27. The average molecular weight is 143 g/mol. The van der Waals surface area contributed by atoms with Crippen molar-refractivity contribution in [2.45, 2.75) is 44.2 Å². The smallest absolute Gasteiger partial charge is 0.0586 e. The summed E-state index contributed by atoms with van der Waals surface area (Å²) >= 11 is 0. The van der Waals surface area contributed by atoms with E-state index in [0.29, 0.717) is 12.1 Å². The van der Waals surface area contributed by atoms with Crippen LogP contribution < -0.4 is 5.73 Å². The molecule has 2 unspecified atom stereocenters. The maximum Gasteiger partial charge on any atom is 0.0586 e. The van der Waals surface area contributed by atoms with Gasteiger partial charge in [0, 0.05) is 13.2 Å². The van der Waals surface area contributed by atoms with Crippen molar-refractivity contribution < 1.29 is 4.74 Å². The van der Waals surface area contributed by atoms with E-state index in [2.05, 4.69) is 0 Å². The summed E-state index contributed by atoms with van der Waals surface area (Å²) in [6, 6.07) is 0.382. The fourth-order valence-corrected chi connectivity index (χ4v) is 1.57. The molecule has 60 valence electrons. The van der Waals surface area contributed by atoms with E-state index in [0.717, 1.165) is 6.42 Å². The fraction of sp³-hybridized carbons (Fsp3) is 1.00. The van der Waals surface area contributed by atoms with Crippen LogP contribution in [0.4, 0.5) is 0 Å². The van der Waals surface area contributed by atoms with Gasteiger partial charge in [-0.15, -0.1) is 0 Å². The zero-order chi connectivity index (χ0) is 7.40. The Morgan fingerprint density at radius 3 is 2.70 bits per heavy atom. The van der Waals surface area contributed by atoms with Crippen molar-refractivity contribution in [3.05, 3.63) is 0 Å². The zero-order valence-electron chi connectivity index (χ0n) is 6.68. The van der Waals surface area contributed by atoms with E-state index in [9.17, 15) is 0 Å². The van der Waals surface area contributed by atoms with Gasteiger partial charge in [0.05, 0.1) is 6.10 Å². The number of rotatable bonds is 1. The Morgan fingerprint density at radius 1 is 1.30 bits per heavy atom. The molecule has 1 fully saturated rings. The van der Waals surface area contributed by atoms with Gasteiger partial charge in [-0.25, -0.2) is 0 Å². The fourth-order valence-electron chi connectivity index (χ4n) is 1.57. The molecule has 0 aromatic heterocycles. The highest BCUT2D eigenvalue weighted by molar-refractivity contribution is 4.72. The van der Waals surface area contributed by atoms with Crippen LogP contribution in [0, 0.1) is 0 Å². The first-order chi connectivity index (χ1) is 4.83. The normalized spacial score (nSPS) is 35.4. The second kappa shape index (κ2) is 3.94. The molecule has 1 saturated carbocycles. The number of hydrogen-bond donors (Lipinski definition) is 1. The van der Waals surface area contributed by atoms with E-state index < -0.39 is 0 Å². The summed E-state index contributed by atoms with van der Waals surface area (Å²) in [5, 5.41) is 0. The van der Waals surface area contributed by atoms with Crippen LogP contribution in [0.2, 0.25) is 0 Å². The molecule has 0 heterocycles. The van der Waals surface area contributed by atoms with Gasteiger partial charge in [0.15, 0.2) is 0 Å². The molecule has 0 saturated heterocycles. The van der Waals surface area contributed by atoms with Gasteiger partial charge in [0.2, 0.25) is 0 Å². The summed E-state index contributed by atoms with van der Waals surface area (Å²) in [5.74, 6) is 0. The highest BCUT2D eigenvalue weighted by atomic mass is 16.5. The number of ether oxygens (including phenoxy) is 1. The highest BCUT2D eigenvalue weighted by Crippen LogP contribution is 2.18. The summed E-state index contributed by atoms with van der Waals surface area (Å²) in [7, 11) is 1.78. The molecule has 0 radical (unpaired) electrons. The third-order valence-corrected chi connectivity index (χ3v) is 2.25. The Hall–Kier alpha value is -0.0800. The van der Waals surface area contributed by atoms with Gasteiger partial charge in [-0.3, -0.25) is 0 Å². The van der Waals surface area contributed by atoms with Crippen LogP contribution in [0.1, 0.15) is 32.1 Å². The van der Waals surface area contributed by atoms with Gasteiger partial charge in [0.25, 0.3) is 0 Å². The van der Waals surface area contributed by atoms with Crippen LogP contribution in [-0.4, -0.2) is 19.3 Å². The van der Waals surface area contributed by atoms with Gasteiger partial charge in [0.1, 0.15) is 0 Å². The molecule has 1 rings (SSSR count). The lowest BCUT2D eigenvalue weighted by Gasteiger charge is -2.14. The Balaban J connectivity index is 2.30. The van der Waals surface area contributed by atoms with Crippen molar-refractivity contribution in [3.63, 3.8) is 0 Å². The van der Waals surface area contributed by atoms with Crippen LogP contribution >= 0.6 is 0 Å². The molecular weight excluding hydrogens is 126 g/mol. The van der Waals surface area contributed by atoms with E-state index in [1.807, 2.05) is 0 Å². The lowest BCUT2D eigenvalue weighted by molar-refractivity contribution is 0.0866. The molecule has 0 amide bonds. The largest absolute Gasteiger partial charge is 0.381 e. The molecule has 1 aliphatic carbocycles. The summed E-state index contributed by atoms with van der Waals surface area (Å²) in [5.41, 5.74) is 5.82. The molecule has 0 aromatic carbocycles. The van der Waals surface area contributed by atoms with Crippen LogP contribution in [0.15, 0.2) is 0 Å². The van der Waals surface area contributed by atoms with Gasteiger partial charge in [-0.1, -0.05) is 12.8 Å². The monoisotopic (exact) mass is 143 g/mol. The molecular formula is C8H17NO. The molecule has 2 heteroatoms. The van der Waals surface area contributed by atoms with E-state index in [4.69, 9.17) is 10.5 Å². The van der Waals surface area contributed by atoms with Crippen molar-refractivity contribution in [3.8, 4) is 0 Å². The second-order valence-corrected chi connectivity index (χ2v) is 3.14. The Bertz CT molecular complexity index is 95.3. The number of methoxy groups -OCH3 is 1. The lowest BCUT2D eigenvalue weighted by atomic mass is 10.1. The minimum atomic E-state index is 0.382. The molecule has 0 bridgehead atoms. The molecule has 0 aliphatic heterocycles. The Kier molecular flexibility index (Phi) is 3.16. The topological polar surface area (TPSA) is 35.2 Å². The molecule has 0 spiro atoms. The van der Waals surface area contributed by atoms with Gasteiger partial charge in [-0.05, 0) is 19.3 Å². The SMILES string of the molecule is COC1CCCCC(N)C1. The van der Waals surface area contributed by atoms with Crippen LogP contribution in [0.3, 0.4) is 0 Å². The molecule has 10 heavy (non-hydrogen) atoms.